The third-order valence-electron chi connectivity index (χ3n) is 1.80. The molecule has 0 aliphatic heterocycles. The summed E-state index contributed by atoms with van der Waals surface area (Å²) in [5.41, 5.74) is -0.834. The second-order valence-electron chi connectivity index (χ2n) is 3.18. The molecule has 2 rings (SSSR count). The van der Waals surface area contributed by atoms with Gasteiger partial charge in [0.15, 0.2) is 0 Å². The van der Waals surface area contributed by atoms with E-state index in [-0.39, 0.29) is 5.82 Å². The van der Waals surface area contributed by atoms with E-state index in [1.165, 1.54) is 18.5 Å². The zero-order chi connectivity index (χ0) is 13.6. The van der Waals surface area contributed by atoms with Crippen LogP contribution in [-0.2, 0) is 6.18 Å². The molecule has 1 aromatic heterocycles. The van der Waals surface area contributed by atoms with E-state index >= 15 is 0 Å². The standard InChI is InChI=1S/C7H4F4.C5H4FN/c8-6-3-1-5(2-4-6)7(9,10)11;6-5-2-1-3-7-4-5/h1-4H;1-4H. The van der Waals surface area contributed by atoms with Crippen LogP contribution in [0.1, 0.15) is 5.56 Å². The molecule has 0 saturated heterocycles. The normalized spacial score (nSPS) is 10.5. The van der Waals surface area contributed by atoms with Gasteiger partial charge < -0.3 is 0 Å². The lowest BCUT2D eigenvalue weighted by molar-refractivity contribution is -0.137. The first-order valence-corrected chi connectivity index (χ1v) is 4.78. The molecule has 0 amide bonds. The highest BCUT2D eigenvalue weighted by Crippen LogP contribution is 2.28. The molecule has 0 bridgehead atoms. The Morgan fingerprint density at radius 2 is 1.44 bits per heavy atom. The monoisotopic (exact) mass is 261 g/mol. The Morgan fingerprint density at radius 1 is 0.833 bits per heavy atom. The summed E-state index contributed by atoms with van der Waals surface area (Å²) in [6, 6.07) is 5.87. The van der Waals surface area contributed by atoms with Crippen LogP contribution < -0.4 is 0 Å². The highest BCUT2D eigenvalue weighted by Gasteiger charge is 2.29. The zero-order valence-corrected chi connectivity index (χ0v) is 8.96. The minimum Gasteiger partial charge on any atom is -0.262 e. The van der Waals surface area contributed by atoms with Crippen molar-refractivity contribution in [3.8, 4) is 0 Å². The van der Waals surface area contributed by atoms with Crippen molar-refractivity contribution in [2.75, 3.05) is 0 Å². The lowest BCUT2D eigenvalue weighted by Gasteiger charge is -2.04. The molecule has 0 spiro atoms. The van der Waals surface area contributed by atoms with Crippen LogP contribution in [0, 0.1) is 11.6 Å². The largest absolute Gasteiger partial charge is 0.416 e. The van der Waals surface area contributed by atoms with Gasteiger partial charge >= 0.3 is 6.18 Å². The number of hydrogen-bond donors (Lipinski definition) is 0. The van der Waals surface area contributed by atoms with Crippen LogP contribution in [0.5, 0.6) is 0 Å². The van der Waals surface area contributed by atoms with E-state index < -0.39 is 17.6 Å². The molecule has 0 aliphatic rings. The Morgan fingerprint density at radius 3 is 1.78 bits per heavy atom. The quantitative estimate of drug-likeness (QED) is 0.651. The minimum atomic E-state index is -4.38. The molecule has 0 atom stereocenters. The molecule has 18 heavy (non-hydrogen) atoms. The maximum absolute atomic E-state index is 12.1. The lowest BCUT2D eigenvalue weighted by atomic mass is 10.2. The molecular weight excluding hydrogens is 253 g/mol. The third kappa shape index (κ3) is 4.90. The fourth-order valence-corrected chi connectivity index (χ4v) is 0.981. The molecule has 1 nitrogen and oxygen atoms in total. The molecule has 96 valence electrons. The van der Waals surface area contributed by atoms with Gasteiger partial charge in [-0.1, -0.05) is 0 Å². The van der Waals surface area contributed by atoms with E-state index in [1.807, 2.05) is 0 Å². The number of nitrogens with zero attached hydrogens (tertiary/aromatic N) is 1. The number of benzene rings is 1. The number of pyridine rings is 1. The van der Waals surface area contributed by atoms with Crippen LogP contribution in [0.3, 0.4) is 0 Å². The third-order valence-corrected chi connectivity index (χ3v) is 1.80. The Labute approximate surface area is 99.9 Å². The molecule has 0 N–H and O–H groups in total. The summed E-state index contributed by atoms with van der Waals surface area (Å²) in [6.45, 7) is 0. The van der Waals surface area contributed by atoms with Gasteiger partial charge in [0.2, 0.25) is 0 Å². The Balaban J connectivity index is 0.000000199. The second-order valence-corrected chi connectivity index (χ2v) is 3.18. The Kier molecular flexibility index (Phi) is 4.76. The van der Waals surface area contributed by atoms with Gasteiger partial charge in [-0.05, 0) is 36.4 Å². The fourth-order valence-electron chi connectivity index (χ4n) is 0.981. The summed E-state index contributed by atoms with van der Waals surface area (Å²) in [5, 5.41) is 0. The van der Waals surface area contributed by atoms with Gasteiger partial charge in [0.05, 0.1) is 11.8 Å². The molecule has 1 aromatic carbocycles. The van der Waals surface area contributed by atoms with Gasteiger partial charge in [-0.15, -0.1) is 0 Å². The SMILES string of the molecule is Fc1ccc(C(F)(F)F)cc1.Fc1cccnc1. The molecule has 0 aliphatic carbocycles. The number of rotatable bonds is 0. The van der Waals surface area contributed by atoms with Gasteiger partial charge in [0.1, 0.15) is 11.6 Å². The van der Waals surface area contributed by atoms with Crippen LogP contribution in [0.25, 0.3) is 0 Å². The van der Waals surface area contributed by atoms with E-state index in [2.05, 4.69) is 4.98 Å². The van der Waals surface area contributed by atoms with Gasteiger partial charge in [-0.2, -0.15) is 13.2 Å². The smallest absolute Gasteiger partial charge is 0.262 e. The molecular formula is C12H8F5N. The summed E-state index contributed by atoms with van der Waals surface area (Å²) >= 11 is 0. The van der Waals surface area contributed by atoms with Crippen molar-refractivity contribution >= 4 is 0 Å². The van der Waals surface area contributed by atoms with Gasteiger partial charge in [-0.3, -0.25) is 4.98 Å². The van der Waals surface area contributed by atoms with Crippen LogP contribution in [0.15, 0.2) is 48.8 Å². The van der Waals surface area contributed by atoms with Crippen molar-refractivity contribution in [2.45, 2.75) is 6.18 Å². The summed E-state index contributed by atoms with van der Waals surface area (Å²) in [7, 11) is 0. The van der Waals surface area contributed by atoms with Crippen molar-refractivity contribution in [3.63, 3.8) is 0 Å². The lowest BCUT2D eigenvalue weighted by Crippen LogP contribution is -2.03. The zero-order valence-electron chi connectivity index (χ0n) is 8.96. The maximum atomic E-state index is 12.1. The summed E-state index contributed by atoms with van der Waals surface area (Å²) < 4.78 is 59.3. The minimum absolute atomic E-state index is 0.289. The average Bonchev–Trinajstić information content (AvgIpc) is 2.30. The van der Waals surface area contributed by atoms with Gasteiger partial charge in [-0.25, -0.2) is 8.78 Å². The van der Waals surface area contributed by atoms with Gasteiger partial charge in [0.25, 0.3) is 0 Å². The first-order chi connectivity index (χ1) is 8.39. The van der Waals surface area contributed by atoms with Crippen molar-refractivity contribution in [1.29, 1.82) is 0 Å². The summed E-state index contributed by atoms with van der Waals surface area (Å²) in [4.78, 5) is 3.51. The van der Waals surface area contributed by atoms with Crippen molar-refractivity contribution in [3.05, 3.63) is 66.0 Å². The van der Waals surface area contributed by atoms with E-state index in [4.69, 9.17) is 0 Å². The molecule has 0 fully saturated rings. The first kappa shape index (κ1) is 14.1. The Bertz CT molecular complexity index is 464. The molecule has 6 heteroatoms. The topological polar surface area (TPSA) is 12.9 Å². The summed E-state index contributed by atoms with van der Waals surface area (Å²) in [5.74, 6) is -0.958. The first-order valence-electron chi connectivity index (χ1n) is 4.78. The van der Waals surface area contributed by atoms with E-state index in [9.17, 15) is 22.0 Å². The molecule has 2 aromatic rings. The second kappa shape index (κ2) is 6.09. The molecule has 0 unspecified atom stereocenters. The predicted octanol–water partition coefficient (Wildman–Crippen LogP) is 4.07. The number of alkyl halides is 3. The fraction of sp³-hybridized carbons (Fsp3) is 0.0833. The summed E-state index contributed by atoms with van der Waals surface area (Å²) in [6.07, 6.45) is -1.68. The molecule has 0 saturated carbocycles. The van der Waals surface area contributed by atoms with Crippen LogP contribution in [-0.4, -0.2) is 4.98 Å². The van der Waals surface area contributed by atoms with Gasteiger partial charge in [0, 0.05) is 6.20 Å². The maximum Gasteiger partial charge on any atom is 0.416 e. The van der Waals surface area contributed by atoms with E-state index in [1.54, 1.807) is 6.07 Å². The number of halogens is 5. The highest BCUT2D eigenvalue weighted by molar-refractivity contribution is 5.18. The average molecular weight is 261 g/mol. The molecule has 0 radical (unpaired) electrons. The van der Waals surface area contributed by atoms with Crippen molar-refractivity contribution in [2.24, 2.45) is 0 Å². The van der Waals surface area contributed by atoms with E-state index in [0.717, 1.165) is 12.1 Å². The van der Waals surface area contributed by atoms with E-state index in [0.29, 0.717) is 12.1 Å². The Hall–Kier alpha value is -1.98. The molecule has 1 heterocycles. The van der Waals surface area contributed by atoms with Crippen LogP contribution in [0.2, 0.25) is 0 Å². The van der Waals surface area contributed by atoms with Crippen LogP contribution >= 0.6 is 0 Å². The van der Waals surface area contributed by atoms with Crippen LogP contribution in [0.4, 0.5) is 22.0 Å². The van der Waals surface area contributed by atoms with Crippen molar-refractivity contribution in [1.82, 2.24) is 4.98 Å². The predicted molar refractivity (Wildman–Crippen MR) is 55.6 cm³/mol. The highest BCUT2D eigenvalue weighted by atomic mass is 19.4. The van der Waals surface area contributed by atoms with Crippen molar-refractivity contribution < 1.29 is 22.0 Å². The number of aromatic nitrogens is 1. The number of hydrogen-bond acceptors (Lipinski definition) is 1.